The average molecular weight is 365 g/mol. The van der Waals surface area contributed by atoms with E-state index in [0.29, 0.717) is 5.75 Å². The zero-order valence-corrected chi connectivity index (χ0v) is 16.7. The van der Waals surface area contributed by atoms with Gasteiger partial charge in [-0.2, -0.15) is 5.10 Å². The number of hydrogen-bond donors (Lipinski definition) is 1. The molecule has 0 bridgehead atoms. The molecule has 1 aromatic heterocycles. The lowest BCUT2D eigenvalue weighted by molar-refractivity contribution is 0.397. The van der Waals surface area contributed by atoms with E-state index in [0.717, 1.165) is 16.8 Å². The van der Waals surface area contributed by atoms with E-state index in [1.54, 1.807) is 30.0 Å². The number of aryl methyl sites for hydroxylation is 2. The first kappa shape index (κ1) is 19.5. The fourth-order valence-corrected chi connectivity index (χ4v) is 4.10. The molecule has 1 unspecified atom stereocenters. The molecule has 138 valence electrons. The summed E-state index contributed by atoms with van der Waals surface area (Å²) in [6, 6.07) is 4.58. The second-order valence-electron chi connectivity index (χ2n) is 7.30. The van der Waals surface area contributed by atoms with Crippen LogP contribution >= 0.6 is 0 Å². The van der Waals surface area contributed by atoms with Crippen molar-refractivity contribution in [1.82, 2.24) is 14.5 Å². The zero-order valence-electron chi connectivity index (χ0n) is 15.9. The van der Waals surface area contributed by atoms with Gasteiger partial charge in [-0.25, -0.2) is 13.1 Å². The molecule has 0 radical (unpaired) electrons. The minimum atomic E-state index is -3.67. The predicted molar refractivity (Wildman–Crippen MR) is 98.4 cm³/mol. The van der Waals surface area contributed by atoms with E-state index >= 15 is 0 Å². The van der Waals surface area contributed by atoms with Crippen LogP contribution in [0.4, 0.5) is 0 Å². The lowest BCUT2D eigenvalue weighted by atomic mass is 9.86. The molecule has 1 aromatic carbocycles. The highest BCUT2D eigenvalue weighted by Crippen LogP contribution is 2.33. The van der Waals surface area contributed by atoms with Gasteiger partial charge < -0.3 is 4.74 Å². The summed E-state index contributed by atoms with van der Waals surface area (Å²) < 4.78 is 35.5. The Labute approximate surface area is 150 Å². The van der Waals surface area contributed by atoms with Crippen LogP contribution in [0.15, 0.2) is 29.3 Å². The van der Waals surface area contributed by atoms with E-state index in [2.05, 4.69) is 9.82 Å². The van der Waals surface area contributed by atoms with Crippen molar-refractivity contribution in [3.05, 3.63) is 41.2 Å². The summed E-state index contributed by atoms with van der Waals surface area (Å²) in [6.45, 7) is 9.75. The first-order valence-corrected chi connectivity index (χ1v) is 9.65. The van der Waals surface area contributed by atoms with E-state index in [1.165, 1.54) is 0 Å². The number of ether oxygens (including phenoxy) is 1. The normalized spacial score (nSPS) is 13.7. The SMILES string of the molecule is COc1ccc(S(=O)(=O)NC(C)c2cn(C)nc2C)cc1C(C)(C)C. The van der Waals surface area contributed by atoms with Crippen LogP contribution < -0.4 is 9.46 Å². The van der Waals surface area contributed by atoms with Crippen molar-refractivity contribution in [3.8, 4) is 5.75 Å². The van der Waals surface area contributed by atoms with E-state index in [-0.39, 0.29) is 16.4 Å². The topological polar surface area (TPSA) is 73.2 Å². The molecule has 0 amide bonds. The van der Waals surface area contributed by atoms with Crippen LogP contribution in [0, 0.1) is 6.92 Å². The van der Waals surface area contributed by atoms with Crippen LogP contribution in [-0.4, -0.2) is 25.3 Å². The molecular formula is C18H27N3O3S. The fraction of sp³-hybridized carbons (Fsp3) is 0.500. The first-order chi connectivity index (χ1) is 11.5. The Hall–Kier alpha value is -1.86. The van der Waals surface area contributed by atoms with Crippen LogP contribution in [-0.2, 0) is 22.5 Å². The summed E-state index contributed by atoms with van der Waals surface area (Å²) in [5.41, 5.74) is 2.28. The second kappa shape index (κ2) is 6.80. The van der Waals surface area contributed by atoms with Crippen molar-refractivity contribution in [1.29, 1.82) is 0 Å². The van der Waals surface area contributed by atoms with Crippen molar-refractivity contribution in [3.63, 3.8) is 0 Å². The van der Waals surface area contributed by atoms with Gasteiger partial charge in [0.25, 0.3) is 0 Å². The molecule has 0 aliphatic heterocycles. The molecule has 1 heterocycles. The van der Waals surface area contributed by atoms with Crippen molar-refractivity contribution in [2.45, 2.75) is 51.0 Å². The summed E-state index contributed by atoms with van der Waals surface area (Å²) in [5.74, 6) is 0.683. The Balaban J connectivity index is 2.38. The van der Waals surface area contributed by atoms with Gasteiger partial charge in [-0.1, -0.05) is 20.8 Å². The quantitative estimate of drug-likeness (QED) is 0.884. The number of rotatable bonds is 5. The number of aromatic nitrogens is 2. The lowest BCUT2D eigenvalue weighted by Gasteiger charge is -2.23. The molecule has 7 heteroatoms. The summed E-state index contributed by atoms with van der Waals surface area (Å²) in [6.07, 6.45) is 1.83. The van der Waals surface area contributed by atoms with Gasteiger partial charge in [-0.3, -0.25) is 4.68 Å². The summed E-state index contributed by atoms with van der Waals surface area (Å²) in [4.78, 5) is 0.228. The van der Waals surface area contributed by atoms with E-state index in [1.807, 2.05) is 47.9 Å². The third-order valence-corrected chi connectivity index (χ3v) is 5.68. The lowest BCUT2D eigenvalue weighted by Crippen LogP contribution is -2.27. The highest BCUT2D eigenvalue weighted by molar-refractivity contribution is 7.89. The Morgan fingerprint density at radius 3 is 2.40 bits per heavy atom. The third kappa shape index (κ3) is 4.22. The highest BCUT2D eigenvalue weighted by Gasteiger charge is 2.25. The molecule has 0 spiro atoms. The van der Waals surface area contributed by atoms with Gasteiger partial charge in [-0.15, -0.1) is 0 Å². The fourth-order valence-electron chi connectivity index (χ4n) is 2.85. The van der Waals surface area contributed by atoms with Crippen LogP contribution in [0.25, 0.3) is 0 Å². The third-order valence-electron chi connectivity index (χ3n) is 4.14. The van der Waals surface area contributed by atoms with Gasteiger partial charge in [0.15, 0.2) is 0 Å². The number of nitrogens with zero attached hydrogens (tertiary/aromatic N) is 2. The molecule has 1 atom stereocenters. The molecule has 2 rings (SSSR count). The monoisotopic (exact) mass is 365 g/mol. The molecule has 0 saturated carbocycles. The zero-order chi connectivity index (χ0) is 19.0. The molecular weight excluding hydrogens is 338 g/mol. The highest BCUT2D eigenvalue weighted by atomic mass is 32.2. The Morgan fingerprint density at radius 1 is 1.28 bits per heavy atom. The Morgan fingerprint density at radius 2 is 1.92 bits per heavy atom. The molecule has 6 nitrogen and oxygen atoms in total. The Kier molecular flexibility index (Phi) is 5.30. The van der Waals surface area contributed by atoms with Gasteiger partial charge >= 0.3 is 0 Å². The first-order valence-electron chi connectivity index (χ1n) is 8.16. The maximum absolute atomic E-state index is 12.8. The Bertz CT molecular complexity index is 864. The van der Waals surface area contributed by atoms with Crippen molar-refractivity contribution >= 4 is 10.0 Å². The van der Waals surface area contributed by atoms with Gasteiger partial charge in [-0.05, 0) is 37.5 Å². The van der Waals surface area contributed by atoms with Gasteiger partial charge in [0.05, 0.1) is 17.7 Å². The van der Waals surface area contributed by atoms with E-state index in [4.69, 9.17) is 4.74 Å². The smallest absolute Gasteiger partial charge is 0.241 e. The summed E-state index contributed by atoms with van der Waals surface area (Å²) >= 11 is 0. The minimum Gasteiger partial charge on any atom is -0.496 e. The largest absolute Gasteiger partial charge is 0.496 e. The van der Waals surface area contributed by atoms with Crippen molar-refractivity contribution in [2.24, 2.45) is 7.05 Å². The number of sulfonamides is 1. The maximum atomic E-state index is 12.8. The average Bonchev–Trinajstić information content (AvgIpc) is 2.84. The number of methoxy groups -OCH3 is 1. The van der Waals surface area contributed by atoms with Gasteiger partial charge in [0.1, 0.15) is 5.75 Å². The number of benzene rings is 1. The maximum Gasteiger partial charge on any atom is 0.241 e. The van der Waals surface area contributed by atoms with E-state index < -0.39 is 10.0 Å². The molecule has 1 N–H and O–H groups in total. The van der Waals surface area contributed by atoms with Gasteiger partial charge in [0.2, 0.25) is 10.0 Å². The molecule has 0 fully saturated rings. The van der Waals surface area contributed by atoms with Crippen LogP contribution in [0.5, 0.6) is 5.75 Å². The van der Waals surface area contributed by atoms with Crippen LogP contribution in [0.3, 0.4) is 0 Å². The molecule has 2 aromatic rings. The molecule has 0 saturated heterocycles. The molecule has 0 aliphatic carbocycles. The summed E-state index contributed by atoms with van der Waals surface area (Å²) in [5, 5.41) is 4.27. The number of hydrogen-bond acceptors (Lipinski definition) is 4. The number of nitrogens with one attached hydrogen (secondary N) is 1. The second-order valence-corrected chi connectivity index (χ2v) is 9.01. The standard InChI is InChI=1S/C18H27N3O3S/c1-12-15(11-21(6)19-12)13(2)20-25(22,23)14-8-9-17(24-7)16(10-14)18(3,4)5/h8-11,13,20H,1-7H3. The van der Waals surface area contributed by atoms with E-state index in [9.17, 15) is 8.42 Å². The van der Waals surface area contributed by atoms with Crippen molar-refractivity contribution in [2.75, 3.05) is 7.11 Å². The van der Waals surface area contributed by atoms with Crippen molar-refractivity contribution < 1.29 is 13.2 Å². The molecule has 0 aliphatic rings. The van der Waals surface area contributed by atoms with Crippen LogP contribution in [0.1, 0.15) is 50.6 Å². The molecule has 25 heavy (non-hydrogen) atoms. The summed E-state index contributed by atoms with van der Waals surface area (Å²) in [7, 11) is -0.262. The predicted octanol–water partition coefficient (Wildman–Crippen LogP) is 3.07. The minimum absolute atomic E-state index is 0.228. The van der Waals surface area contributed by atoms with Gasteiger partial charge in [0, 0.05) is 30.4 Å². The van der Waals surface area contributed by atoms with Crippen LogP contribution in [0.2, 0.25) is 0 Å².